The van der Waals surface area contributed by atoms with Crippen molar-refractivity contribution >= 4 is 23.3 Å². The summed E-state index contributed by atoms with van der Waals surface area (Å²) in [7, 11) is 5.04. The number of likely N-dealkylation sites (N-methyl/N-ethyl adjacent to an activating group) is 1. The molecule has 2 aromatic carbocycles. The number of hydrogen-bond acceptors (Lipinski definition) is 15. The van der Waals surface area contributed by atoms with Crippen molar-refractivity contribution in [1.29, 1.82) is 0 Å². The highest BCUT2D eigenvalue weighted by molar-refractivity contribution is 6.29. The van der Waals surface area contributed by atoms with Crippen LogP contribution in [0.5, 0.6) is 5.75 Å². The molecule has 3 heterocycles. The first kappa shape index (κ1) is 41.5. The lowest BCUT2D eigenvalue weighted by Gasteiger charge is -2.48. The number of fused-ring (bicyclic) bond motifs is 3. The molecule has 0 saturated carbocycles. The molecule has 7 rings (SSSR count). The van der Waals surface area contributed by atoms with Gasteiger partial charge in [0.05, 0.1) is 42.7 Å². The number of Topliss-reactive ketones (excluding diaryl/α,β-unsaturated/α-hetero) is 1. The number of ether oxygens (including phenoxy) is 7. The fraction of sp³-hybridized carbons (Fsp3) is 0.619. The highest BCUT2D eigenvalue weighted by Gasteiger charge is 2.52. The van der Waals surface area contributed by atoms with Crippen LogP contribution in [0, 0.1) is 0 Å². The van der Waals surface area contributed by atoms with Gasteiger partial charge in [-0.15, -0.1) is 0 Å². The molecule has 5 aliphatic rings. The Bertz CT molecular complexity index is 1890. The van der Waals surface area contributed by atoms with E-state index in [0.717, 1.165) is 0 Å². The van der Waals surface area contributed by atoms with E-state index in [1.807, 2.05) is 25.9 Å². The van der Waals surface area contributed by atoms with Crippen LogP contribution in [-0.2, 0) is 42.7 Å². The Balaban J connectivity index is 1.11. The molecule has 310 valence electrons. The molecule has 3 fully saturated rings. The molecule has 13 unspecified atom stereocenters. The van der Waals surface area contributed by atoms with Gasteiger partial charge < -0.3 is 53.4 Å². The molecule has 0 amide bonds. The molecule has 3 saturated heterocycles. The van der Waals surface area contributed by atoms with Crippen LogP contribution in [0.25, 0.3) is 0 Å². The monoisotopic (exact) mass is 795 g/mol. The van der Waals surface area contributed by atoms with Crippen LogP contribution in [-0.4, -0.2) is 132 Å². The van der Waals surface area contributed by atoms with Crippen LogP contribution in [0.4, 0.5) is 0 Å². The van der Waals surface area contributed by atoms with Crippen LogP contribution in [0.3, 0.4) is 0 Å². The molecule has 0 aromatic heterocycles. The van der Waals surface area contributed by atoms with E-state index in [1.165, 1.54) is 37.4 Å². The van der Waals surface area contributed by atoms with E-state index in [2.05, 4.69) is 0 Å². The number of aliphatic hydroxyl groups excluding tert-OH is 1. The Labute approximate surface area is 331 Å². The number of hydrogen-bond donors (Lipinski definition) is 3. The van der Waals surface area contributed by atoms with Crippen molar-refractivity contribution in [2.45, 2.75) is 145 Å². The van der Waals surface area contributed by atoms with Gasteiger partial charge in [0, 0.05) is 54.8 Å². The Kier molecular flexibility index (Phi) is 11.8. The first-order valence-corrected chi connectivity index (χ1v) is 19.7. The molecule has 2 aromatic rings. The lowest BCUT2D eigenvalue weighted by molar-refractivity contribution is -0.324. The zero-order valence-corrected chi connectivity index (χ0v) is 33.3. The quantitative estimate of drug-likeness (QED) is 0.266. The summed E-state index contributed by atoms with van der Waals surface area (Å²) >= 11 is 0. The van der Waals surface area contributed by atoms with Crippen molar-refractivity contribution < 1.29 is 67.7 Å². The van der Waals surface area contributed by atoms with Gasteiger partial charge in [0.1, 0.15) is 30.0 Å². The van der Waals surface area contributed by atoms with Crippen LogP contribution in [0.15, 0.2) is 30.3 Å². The fourth-order valence-corrected chi connectivity index (χ4v) is 9.14. The number of phenols is 1. The summed E-state index contributed by atoms with van der Waals surface area (Å²) in [6.45, 7) is 7.08. The van der Waals surface area contributed by atoms with Crippen molar-refractivity contribution in [3.05, 3.63) is 63.7 Å². The van der Waals surface area contributed by atoms with E-state index in [4.69, 9.17) is 33.2 Å². The standard InChI is InChI=1S/C42H53NO14/c1-8-42(50)18-31(23-14-26-25(15-24(23)36(42)41(49)51-7)37(47)22-10-9-11-29(45)35(22)38(26)48)55-33-16-27(43(5)6)39(20(3)53-33)57-34-17-30(46)40(21(4)54-34)56-32-13-12-28(44)19(2)52-32/h9-11,14-15,19-21,27,30-34,36,39-40,45-46,50H,8,12-13,16-18H2,1-7H3. The first-order valence-electron chi connectivity index (χ1n) is 19.7. The number of ketones is 3. The molecular formula is C42H53NO14. The second kappa shape index (κ2) is 16.2. The maximum atomic E-state index is 13.9. The average molecular weight is 796 g/mol. The van der Waals surface area contributed by atoms with E-state index >= 15 is 0 Å². The van der Waals surface area contributed by atoms with Gasteiger partial charge in [-0.1, -0.05) is 19.1 Å². The number of rotatable bonds is 9. The highest BCUT2D eigenvalue weighted by atomic mass is 16.7. The SMILES string of the molecule is CCC1(O)CC(OC2CC(N(C)C)C(OC3CC(O)C(OC4CCC(=O)C(C)O4)C(C)O3)C(C)O2)c2cc3c(cc2C1C(=O)OC)C(=O)c1cccc(O)c1C3=O. The van der Waals surface area contributed by atoms with Crippen LogP contribution < -0.4 is 0 Å². The maximum absolute atomic E-state index is 13.9. The molecule has 0 bridgehead atoms. The number of nitrogens with zero attached hydrogens (tertiary/aromatic N) is 1. The van der Waals surface area contributed by atoms with E-state index in [-0.39, 0.29) is 59.1 Å². The minimum atomic E-state index is -1.64. The zero-order chi connectivity index (χ0) is 41.1. The molecule has 2 aliphatic carbocycles. The summed E-state index contributed by atoms with van der Waals surface area (Å²) in [5, 5.41) is 33.9. The van der Waals surface area contributed by atoms with Gasteiger partial charge in [0.15, 0.2) is 36.2 Å². The number of benzene rings is 2. The smallest absolute Gasteiger partial charge is 0.316 e. The van der Waals surface area contributed by atoms with Gasteiger partial charge in [-0.3, -0.25) is 19.2 Å². The average Bonchev–Trinajstić information content (AvgIpc) is 3.16. The summed E-state index contributed by atoms with van der Waals surface area (Å²) in [6, 6.07) is 7.04. The molecule has 15 heteroatoms. The Morgan fingerprint density at radius 2 is 1.53 bits per heavy atom. The van der Waals surface area contributed by atoms with Crippen LogP contribution >= 0.6 is 0 Å². The zero-order valence-electron chi connectivity index (χ0n) is 33.3. The normalized spacial score (nSPS) is 36.7. The van der Waals surface area contributed by atoms with Crippen LogP contribution in [0.2, 0.25) is 0 Å². The van der Waals surface area contributed by atoms with Crippen molar-refractivity contribution in [3.63, 3.8) is 0 Å². The minimum Gasteiger partial charge on any atom is -0.507 e. The second-order valence-corrected chi connectivity index (χ2v) is 16.2. The lowest BCUT2D eigenvalue weighted by Crippen LogP contribution is -2.58. The van der Waals surface area contributed by atoms with E-state index in [9.17, 15) is 34.5 Å². The maximum Gasteiger partial charge on any atom is 0.316 e. The van der Waals surface area contributed by atoms with Crippen molar-refractivity contribution in [1.82, 2.24) is 4.90 Å². The highest BCUT2D eigenvalue weighted by Crippen LogP contribution is 2.50. The molecule has 3 N–H and O–H groups in total. The number of carbonyl (C=O) groups excluding carboxylic acids is 4. The summed E-state index contributed by atoms with van der Waals surface area (Å²) in [5.41, 5.74) is -0.853. The van der Waals surface area contributed by atoms with Gasteiger partial charge in [-0.05, 0) is 70.6 Å². The molecule has 15 nitrogen and oxygen atoms in total. The predicted octanol–water partition coefficient (Wildman–Crippen LogP) is 3.45. The Morgan fingerprint density at radius 3 is 2.18 bits per heavy atom. The van der Waals surface area contributed by atoms with E-state index in [1.54, 1.807) is 20.8 Å². The van der Waals surface area contributed by atoms with E-state index in [0.29, 0.717) is 30.4 Å². The molecule has 3 aliphatic heterocycles. The fourth-order valence-electron chi connectivity index (χ4n) is 9.14. The van der Waals surface area contributed by atoms with Gasteiger partial charge in [0.2, 0.25) is 0 Å². The molecular weight excluding hydrogens is 742 g/mol. The largest absolute Gasteiger partial charge is 0.507 e. The molecule has 0 radical (unpaired) electrons. The Hall–Kier alpha value is -3.64. The third kappa shape index (κ3) is 7.70. The summed E-state index contributed by atoms with van der Waals surface area (Å²) in [5.74, 6) is -3.21. The summed E-state index contributed by atoms with van der Waals surface area (Å²) in [4.78, 5) is 54.9. The lowest BCUT2D eigenvalue weighted by atomic mass is 9.67. The van der Waals surface area contributed by atoms with Crippen molar-refractivity contribution in [3.8, 4) is 5.75 Å². The van der Waals surface area contributed by atoms with Gasteiger partial charge in [-0.25, -0.2) is 0 Å². The van der Waals surface area contributed by atoms with E-state index < -0.39 is 90.7 Å². The van der Waals surface area contributed by atoms with Gasteiger partial charge in [0.25, 0.3) is 0 Å². The Morgan fingerprint density at radius 1 is 0.877 bits per heavy atom. The number of esters is 1. The summed E-state index contributed by atoms with van der Waals surface area (Å²) < 4.78 is 42.8. The summed E-state index contributed by atoms with van der Waals surface area (Å²) in [6.07, 6.45) is -5.64. The van der Waals surface area contributed by atoms with Gasteiger partial charge in [-0.2, -0.15) is 0 Å². The third-order valence-electron chi connectivity index (χ3n) is 12.3. The predicted molar refractivity (Wildman–Crippen MR) is 200 cm³/mol. The molecule has 0 spiro atoms. The number of methoxy groups -OCH3 is 1. The van der Waals surface area contributed by atoms with Crippen molar-refractivity contribution in [2.24, 2.45) is 0 Å². The second-order valence-electron chi connectivity index (χ2n) is 16.2. The van der Waals surface area contributed by atoms with Crippen molar-refractivity contribution in [2.75, 3.05) is 21.2 Å². The number of carbonyl (C=O) groups is 4. The number of phenolic OH excluding ortho intramolecular Hbond substituents is 1. The first-order chi connectivity index (χ1) is 27.0. The van der Waals surface area contributed by atoms with Gasteiger partial charge >= 0.3 is 5.97 Å². The van der Waals surface area contributed by atoms with Crippen LogP contribution in [0.1, 0.15) is 121 Å². The molecule has 13 atom stereocenters. The minimum absolute atomic E-state index is 0.0167. The third-order valence-corrected chi connectivity index (χ3v) is 12.3. The topological polar surface area (TPSA) is 197 Å². The number of aliphatic hydroxyl groups is 2. The number of aromatic hydroxyl groups is 1. The molecule has 57 heavy (non-hydrogen) atoms.